The fraction of sp³-hybridized carbons (Fsp3) is 0.231. The van der Waals surface area contributed by atoms with Crippen molar-refractivity contribution in [3.8, 4) is 0 Å². The van der Waals surface area contributed by atoms with Gasteiger partial charge in [0.1, 0.15) is 6.61 Å². The summed E-state index contributed by atoms with van der Waals surface area (Å²) >= 11 is 0. The molecule has 1 N–H and O–H groups in total. The van der Waals surface area contributed by atoms with Crippen molar-refractivity contribution < 1.29 is 19.4 Å². The van der Waals surface area contributed by atoms with E-state index in [0.29, 0.717) is 17.5 Å². The van der Waals surface area contributed by atoms with Gasteiger partial charge in [-0.2, -0.15) is 0 Å². The molecule has 18 heavy (non-hydrogen) atoms. The lowest BCUT2D eigenvalue weighted by molar-refractivity contribution is -0.144. The number of hydrogen-bond donors (Lipinski definition) is 1. The Morgan fingerprint density at radius 1 is 1.33 bits per heavy atom. The number of fused-ring (bicyclic) bond motifs is 1. The fourth-order valence-electron chi connectivity index (χ4n) is 1.78. The number of nitrogens with zero attached hydrogens (tertiary/aromatic N) is 1. The van der Waals surface area contributed by atoms with Crippen LogP contribution in [0.3, 0.4) is 0 Å². The molecule has 0 atom stereocenters. The summed E-state index contributed by atoms with van der Waals surface area (Å²) in [5.74, 6) is -0.304. The summed E-state index contributed by atoms with van der Waals surface area (Å²) in [6.45, 7) is 1.80. The number of esters is 1. The highest BCUT2D eigenvalue weighted by Gasteiger charge is 2.13. The Kier molecular flexibility index (Phi) is 3.32. The summed E-state index contributed by atoms with van der Waals surface area (Å²) in [7, 11) is 0. The number of carbonyl (C=O) groups excluding carboxylic acids is 1. The lowest BCUT2D eigenvalue weighted by Gasteiger charge is -2.01. The van der Waals surface area contributed by atoms with E-state index in [1.165, 1.54) is 6.20 Å². The molecule has 0 aliphatic heterocycles. The monoisotopic (exact) mass is 247 g/mol. The molecule has 0 radical (unpaired) electrons. The Balaban J connectivity index is 2.39. The third-order valence-corrected chi connectivity index (χ3v) is 2.68. The fourth-order valence-corrected chi connectivity index (χ4v) is 1.78. The van der Waals surface area contributed by atoms with Gasteiger partial charge in [-0.3, -0.25) is 9.36 Å². The maximum Gasteiger partial charge on any atom is 0.416 e. The first-order chi connectivity index (χ1) is 8.63. The average Bonchev–Trinajstić information content (AvgIpc) is 2.75. The minimum Gasteiger partial charge on any atom is -0.464 e. The van der Waals surface area contributed by atoms with Gasteiger partial charge in [-0.15, -0.1) is 0 Å². The van der Waals surface area contributed by atoms with Crippen LogP contribution < -0.4 is 0 Å². The number of carboxylic acid groups (broad SMARTS) is 1. The predicted octanol–water partition coefficient (Wildman–Crippen LogP) is 2.62. The van der Waals surface area contributed by atoms with Crippen molar-refractivity contribution in [3.63, 3.8) is 0 Å². The smallest absolute Gasteiger partial charge is 0.416 e. The van der Waals surface area contributed by atoms with Crippen molar-refractivity contribution in [2.24, 2.45) is 0 Å². The van der Waals surface area contributed by atoms with Crippen LogP contribution in [0.4, 0.5) is 4.79 Å². The molecule has 0 unspecified atom stereocenters. The van der Waals surface area contributed by atoms with Crippen molar-refractivity contribution >= 4 is 23.0 Å². The van der Waals surface area contributed by atoms with E-state index in [1.54, 1.807) is 19.1 Å². The molecule has 1 aromatic heterocycles. The van der Waals surface area contributed by atoms with Crippen molar-refractivity contribution in [2.45, 2.75) is 20.0 Å². The lowest BCUT2D eigenvalue weighted by atomic mass is 10.2. The third-order valence-electron chi connectivity index (χ3n) is 2.68. The molecule has 0 fully saturated rings. The standard InChI is InChI=1S/C13H13NO4/c1-2-12(15)18-8-9-7-14(13(16)17)11-6-4-3-5-10(9)11/h3-7H,2,8H2,1H3,(H,16,17). The molecule has 1 aromatic carbocycles. The Morgan fingerprint density at radius 3 is 2.72 bits per heavy atom. The topological polar surface area (TPSA) is 68.5 Å². The second-order valence-corrected chi connectivity index (χ2v) is 3.84. The predicted molar refractivity (Wildman–Crippen MR) is 65.4 cm³/mol. The number of para-hydroxylation sites is 1. The second kappa shape index (κ2) is 4.91. The van der Waals surface area contributed by atoms with E-state index in [1.807, 2.05) is 12.1 Å². The number of benzene rings is 1. The zero-order valence-corrected chi connectivity index (χ0v) is 9.92. The highest BCUT2D eigenvalue weighted by Crippen LogP contribution is 2.21. The third kappa shape index (κ3) is 2.20. The Bertz CT molecular complexity index is 600. The first kappa shape index (κ1) is 12.2. The molecule has 0 spiro atoms. The van der Waals surface area contributed by atoms with E-state index in [9.17, 15) is 9.59 Å². The van der Waals surface area contributed by atoms with Gasteiger partial charge in [-0.25, -0.2) is 4.79 Å². The van der Waals surface area contributed by atoms with Gasteiger partial charge in [-0.1, -0.05) is 25.1 Å². The van der Waals surface area contributed by atoms with Crippen LogP contribution in [0.25, 0.3) is 10.9 Å². The molecule has 2 rings (SSSR count). The summed E-state index contributed by atoms with van der Waals surface area (Å²) in [6.07, 6.45) is 0.729. The van der Waals surface area contributed by atoms with Crippen molar-refractivity contribution in [3.05, 3.63) is 36.0 Å². The Labute approximate surface area is 104 Å². The first-order valence-electron chi connectivity index (χ1n) is 5.61. The molecule has 0 bridgehead atoms. The van der Waals surface area contributed by atoms with E-state index in [0.717, 1.165) is 9.95 Å². The van der Waals surface area contributed by atoms with E-state index in [2.05, 4.69) is 0 Å². The first-order valence-corrected chi connectivity index (χ1v) is 5.61. The Hall–Kier alpha value is -2.30. The number of aromatic nitrogens is 1. The van der Waals surface area contributed by atoms with E-state index in [4.69, 9.17) is 9.84 Å². The molecule has 0 aliphatic carbocycles. The molecule has 0 amide bonds. The summed E-state index contributed by atoms with van der Waals surface area (Å²) in [5, 5.41) is 9.86. The van der Waals surface area contributed by atoms with Crippen LogP contribution in [0.15, 0.2) is 30.5 Å². The lowest BCUT2D eigenvalue weighted by Crippen LogP contribution is -2.06. The van der Waals surface area contributed by atoms with Crippen LogP contribution in [-0.4, -0.2) is 21.7 Å². The average molecular weight is 247 g/mol. The number of hydrogen-bond acceptors (Lipinski definition) is 3. The van der Waals surface area contributed by atoms with E-state index in [-0.39, 0.29) is 12.6 Å². The van der Waals surface area contributed by atoms with Gasteiger partial charge in [0, 0.05) is 23.6 Å². The van der Waals surface area contributed by atoms with Crippen LogP contribution in [0.5, 0.6) is 0 Å². The molecule has 0 aliphatic rings. The molecular weight excluding hydrogens is 234 g/mol. The van der Waals surface area contributed by atoms with Crippen molar-refractivity contribution in [1.82, 2.24) is 4.57 Å². The van der Waals surface area contributed by atoms with Crippen molar-refractivity contribution in [1.29, 1.82) is 0 Å². The molecule has 5 nitrogen and oxygen atoms in total. The molecule has 0 saturated heterocycles. The van der Waals surface area contributed by atoms with E-state index >= 15 is 0 Å². The van der Waals surface area contributed by atoms with Gasteiger partial charge in [-0.05, 0) is 6.07 Å². The van der Waals surface area contributed by atoms with Gasteiger partial charge in [0.25, 0.3) is 0 Å². The minimum absolute atomic E-state index is 0.0907. The number of ether oxygens (including phenoxy) is 1. The summed E-state index contributed by atoms with van der Waals surface area (Å²) in [4.78, 5) is 22.2. The highest BCUT2D eigenvalue weighted by molar-refractivity contribution is 5.91. The molecule has 1 heterocycles. The van der Waals surface area contributed by atoms with Crippen LogP contribution in [-0.2, 0) is 16.1 Å². The second-order valence-electron chi connectivity index (χ2n) is 3.84. The SMILES string of the molecule is CCC(=O)OCc1cn(C(=O)O)c2ccccc12. The van der Waals surface area contributed by atoms with Crippen LogP contribution in [0.1, 0.15) is 18.9 Å². The quantitative estimate of drug-likeness (QED) is 0.846. The zero-order valence-electron chi connectivity index (χ0n) is 9.92. The zero-order chi connectivity index (χ0) is 13.1. The Morgan fingerprint density at radius 2 is 2.06 bits per heavy atom. The molecule has 2 aromatic rings. The van der Waals surface area contributed by atoms with Gasteiger partial charge >= 0.3 is 12.1 Å². The van der Waals surface area contributed by atoms with Gasteiger partial charge < -0.3 is 9.84 Å². The maximum absolute atomic E-state index is 11.1. The minimum atomic E-state index is -1.06. The highest BCUT2D eigenvalue weighted by atomic mass is 16.5. The maximum atomic E-state index is 11.1. The normalized spacial score (nSPS) is 10.5. The molecule has 5 heteroatoms. The van der Waals surface area contributed by atoms with Crippen LogP contribution >= 0.6 is 0 Å². The van der Waals surface area contributed by atoms with Gasteiger partial charge in [0.05, 0.1) is 5.52 Å². The number of carbonyl (C=O) groups is 2. The molecule has 0 saturated carbocycles. The molecule has 94 valence electrons. The van der Waals surface area contributed by atoms with Gasteiger partial charge in [0.15, 0.2) is 0 Å². The summed E-state index contributed by atoms with van der Waals surface area (Å²) < 4.78 is 6.16. The van der Waals surface area contributed by atoms with Gasteiger partial charge in [0.2, 0.25) is 0 Å². The number of rotatable bonds is 3. The summed E-state index contributed by atoms with van der Waals surface area (Å²) in [5.41, 5.74) is 1.28. The largest absolute Gasteiger partial charge is 0.464 e. The van der Waals surface area contributed by atoms with E-state index < -0.39 is 6.09 Å². The van der Waals surface area contributed by atoms with Crippen LogP contribution in [0.2, 0.25) is 0 Å². The molecular formula is C13H13NO4. The summed E-state index contributed by atoms with van der Waals surface area (Å²) in [6, 6.07) is 7.11. The van der Waals surface area contributed by atoms with Crippen molar-refractivity contribution in [2.75, 3.05) is 0 Å². The van der Waals surface area contributed by atoms with Crippen LogP contribution in [0, 0.1) is 0 Å².